The highest BCUT2D eigenvalue weighted by Gasteiger charge is 2.20. The molecule has 1 aliphatic rings. The number of aryl methyl sites for hydroxylation is 2. The molecule has 1 aromatic carbocycles. The van der Waals surface area contributed by atoms with Crippen LogP contribution in [0.2, 0.25) is 0 Å². The van der Waals surface area contributed by atoms with E-state index in [1.807, 2.05) is 19.9 Å². The summed E-state index contributed by atoms with van der Waals surface area (Å²) in [5.74, 6) is 1.00. The predicted molar refractivity (Wildman–Crippen MR) is 85.5 cm³/mol. The second-order valence-corrected chi connectivity index (χ2v) is 6.40. The lowest BCUT2D eigenvalue weighted by Crippen LogP contribution is -2.16. The van der Waals surface area contributed by atoms with Gasteiger partial charge in [0.15, 0.2) is 0 Å². The van der Waals surface area contributed by atoms with E-state index in [1.165, 1.54) is 5.56 Å². The molecule has 0 bridgehead atoms. The third kappa shape index (κ3) is 2.94. The molecule has 0 amide bonds. The predicted octanol–water partition coefficient (Wildman–Crippen LogP) is 3.03. The number of halogens is 1. The summed E-state index contributed by atoms with van der Waals surface area (Å²) >= 11 is 3.57. The van der Waals surface area contributed by atoms with Crippen molar-refractivity contribution in [3.05, 3.63) is 50.8 Å². The first-order valence-electron chi connectivity index (χ1n) is 7.05. The first-order valence-corrected chi connectivity index (χ1v) is 7.84. The maximum atomic E-state index is 6.40. The summed E-state index contributed by atoms with van der Waals surface area (Å²) in [6.07, 6.45) is 1.69. The van der Waals surface area contributed by atoms with Crippen molar-refractivity contribution in [2.45, 2.75) is 32.7 Å². The van der Waals surface area contributed by atoms with Gasteiger partial charge in [-0.3, -0.25) is 0 Å². The summed E-state index contributed by atoms with van der Waals surface area (Å²) in [7, 11) is 0. The number of nitrogens with two attached hydrogens (primary N) is 1. The van der Waals surface area contributed by atoms with Crippen LogP contribution in [0.25, 0.3) is 0 Å². The van der Waals surface area contributed by atoms with Gasteiger partial charge in [0.2, 0.25) is 0 Å². The van der Waals surface area contributed by atoms with E-state index < -0.39 is 0 Å². The average Bonchev–Trinajstić information content (AvgIpc) is 2.89. The number of hydrogen-bond acceptors (Lipinski definition) is 4. The molecule has 4 nitrogen and oxygen atoms in total. The second kappa shape index (κ2) is 5.73. The molecule has 0 fully saturated rings. The van der Waals surface area contributed by atoms with E-state index in [0.29, 0.717) is 0 Å². The fraction of sp³-hybridized carbons (Fsp3) is 0.375. The van der Waals surface area contributed by atoms with Gasteiger partial charge in [-0.15, -0.1) is 0 Å². The van der Waals surface area contributed by atoms with Crippen LogP contribution in [0.1, 0.15) is 34.1 Å². The van der Waals surface area contributed by atoms with Gasteiger partial charge in [-0.1, -0.05) is 15.9 Å². The molecule has 5 heteroatoms. The molecular formula is C16H18BrN3O. The minimum atomic E-state index is -0.109. The van der Waals surface area contributed by atoms with E-state index in [4.69, 9.17) is 10.5 Å². The van der Waals surface area contributed by atoms with Gasteiger partial charge in [0.25, 0.3) is 0 Å². The van der Waals surface area contributed by atoms with Crippen molar-refractivity contribution in [1.29, 1.82) is 0 Å². The number of aromatic nitrogens is 2. The van der Waals surface area contributed by atoms with Crippen molar-refractivity contribution in [2.24, 2.45) is 5.73 Å². The second-order valence-electron chi connectivity index (χ2n) is 5.49. The summed E-state index contributed by atoms with van der Waals surface area (Å²) in [6, 6.07) is 6.13. The van der Waals surface area contributed by atoms with Crippen LogP contribution < -0.4 is 10.5 Å². The minimum absolute atomic E-state index is 0.109. The molecule has 0 aliphatic carbocycles. The molecule has 0 spiro atoms. The Morgan fingerprint density at radius 2 is 2.10 bits per heavy atom. The largest absolute Gasteiger partial charge is 0.493 e. The molecule has 1 aromatic heterocycles. The van der Waals surface area contributed by atoms with Crippen LogP contribution in [0.5, 0.6) is 5.75 Å². The monoisotopic (exact) mass is 347 g/mol. The van der Waals surface area contributed by atoms with Crippen molar-refractivity contribution in [1.82, 2.24) is 10.2 Å². The fourth-order valence-electron chi connectivity index (χ4n) is 2.79. The summed E-state index contributed by atoms with van der Waals surface area (Å²) in [6.45, 7) is 4.63. The van der Waals surface area contributed by atoms with Crippen molar-refractivity contribution >= 4 is 15.9 Å². The van der Waals surface area contributed by atoms with Crippen LogP contribution in [0.3, 0.4) is 0 Å². The lowest BCUT2D eigenvalue weighted by atomic mass is 9.96. The standard InChI is InChI=1S/C16H18BrN3O/c1-9-5-14(10(2)20-19-9)15(18)8-12-7-13(17)6-11-3-4-21-16(11)12/h5-7,15H,3-4,8,18H2,1-2H3. The molecule has 1 atom stereocenters. The van der Waals surface area contributed by atoms with Crippen LogP contribution in [-0.4, -0.2) is 16.8 Å². The molecular weight excluding hydrogens is 330 g/mol. The Kier molecular flexibility index (Phi) is 3.95. The van der Waals surface area contributed by atoms with Crippen molar-refractivity contribution in [3.8, 4) is 5.75 Å². The van der Waals surface area contributed by atoms with E-state index in [2.05, 4.69) is 38.3 Å². The number of benzene rings is 1. The minimum Gasteiger partial charge on any atom is -0.493 e. The van der Waals surface area contributed by atoms with Crippen LogP contribution in [0.4, 0.5) is 0 Å². The first-order chi connectivity index (χ1) is 10.0. The summed E-state index contributed by atoms with van der Waals surface area (Å²) in [4.78, 5) is 0. The van der Waals surface area contributed by atoms with Gasteiger partial charge in [0, 0.05) is 16.9 Å². The molecule has 110 valence electrons. The molecule has 2 heterocycles. The van der Waals surface area contributed by atoms with E-state index in [9.17, 15) is 0 Å². The maximum absolute atomic E-state index is 6.40. The number of hydrogen-bond donors (Lipinski definition) is 1. The molecule has 0 saturated heterocycles. The Balaban J connectivity index is 1.92. The Morgan fingerprint density at radius 1 is 1.29 bits per heavy atom. The topological polar surface area (TPSA) is 61.0 Å². The Bertz CT molecular complexity index is 687. The van der Waals surface area contributed by atoms with Gasteiger partial charge in [0.05, 0.1) is 18.0 Å². The lowest BCUT2D eigenvalue weighted by Gasteiger charge is -2.16. The highest BCUT2D eigenvalue weighted by atomic mass is 79.9. The summed E-state index contributed by atoms with van der Waals surface area (Å²) in [5.41, 5.74) is 11.6. The Morgan fingerprint density at radius 3 is 2.90 bits per heavy atom. The van der Waals surface area contributed by atoms with Crippen molar-refractivity contribution < 1.29 is 4.74 Å². The Hall–Kier alpha value is -1.46. The van der Waals surface area contributed by atoms with Gasteiger partial charge < -0.3 is 10.5 Å². The molecule has 1 unspecified atom stereocenters. The zero-order chi connectivity index (χ0) is 15.0. The SMILES string of the molecule is Cc1cc(C(N)Cc2cc(Br)cc3c2OCC3)c(C)nn1. The molecule has 2 aromatic rings. The molecule has 2 N–H and O–H groups in total. The van der Waals surface area contributed by atoms with E-state index in [1.54, 1.807) is 0 Å². The van der Waals surface area contributed by atoms with Gasteiger partial charge in [-0.05, 0) is 55.2 Å². The van der Waals surface area contributed by atoms with Crippen LogP contribution >= 0.6 is 15.9 Å². The van der Waals surface area contributed by atoms with Crippen molar-refractivity contribution in [3.63, 3.8) is 0 Å². The smallest absolute Gasteiger partial charge is 0.125 e. The van der Waals surface area contributed by atoms with E-state index in [0.717, 1.165) is 52.2 Å². The highest BCUT2D eigenvalue weighted by molar-refractivity contribution is 9.10. The van der Waals surface area contributed by atoms with Crippen molar-refractivity contribution in [2.75, 3.05) is 6.61 Å². The van der Waals surface area contributed by atoms with Crippen LogP contribution in [-0.2, 0) is 12.8 Å². The quantitative estimate of drug-likeness (QED) is 0.926. The van der Waals surface area contributed by atoms with Gasteiger partial charge in [0.1, 0.15) is 5.75 Å². The normalized spacial score (nSPS) is 14.7. The lowest BCUT2D eigenvalue weighted by molar-refractivity contribution is 0.352. The fourth-order valence-corrected chi connectivity index (χ4v) is 3.34. The summed E-state index contributed by atoms with van der Waals surface area (Å²) in [5, 5.41) is 8.22. The molecule has 1 aliphatic heterocycles. The zero-order valence-electron chi connectivity index (χ0n) is 12.2. The zero-order valence-corrected chi connectivity index (χ0v) is 13.8. The molecule has 21 heavy (non-hydrogen) atoms. The van der Waals surface area contributed by atoms with Crippen LogP contribution in [0, 0.1) is 13.8 Å². The van der Waals surface area contributed by atoms with Gasteiger partial charge in [-0.25, -0.2) is 0 Å². The molecule has 0 saturated carbocycles. The number of nitrogens with zero attached hydrogens (tertiary/aromatic N) is 2. The number of rotatable bonds is 3. The van der Waals surface area contributed by atoms with Gasteiger partial charge >= 0.3 is 0 Å². The highest BCUT2D eigenvalue weighted by Crippen LogP contribution is 2.35. The number of fused-ring (bicyclic) bond motifs is 1. The third-order valence-electron chi connectivity index (χ3n) is 3.80. The van der Waals surface area contributed by atoms with Crippen LogP contribution in [0.15, 0.2) is 22.7 Å². The molecule has 0 radical (unpaired) electrons. The average molecular weight is 348 g/mol. The van der Waals surface area contributed by atoms with E-state index in [-0.39, 0.29) is 6.04 Å². The maximum Gasteiger partial charge on any atom is 0.125 e. The molecule has 3 rings (SSSR count). The Labute approximate surface area is 132 Å². The third-order valence-corrected chi connectivity index (χ3v) is 4.26. The first kappa shape index (κ1) is 14.5. The van der Waals surface area contributed by atoms with E-state index >= 15 is 0 Å². The number of ether oxygens (including phenoxy) is 1. The summed E-state index contributed by atoms with van der Waals surface area (Å²) < 4.78 is 6.85. The van der Waals surface area contributed by atoms with Gasteiger partial charge in [-0.2, -0.15) is 10.2 Å².